The fraction of sp³-hybridized carbons (Fsp3) is 0.200. The molecule has 0 fully saturated rings. The van der Waals surface area contributed by atoms with Crippen LogP contribution >= 0.6 is 0 Å². The van der Waals surface area contributed by atoms with Crippen LogP contribution in [0.1, 0.15) is 18.1 Å². The highest BCUT2D eigenvalue weighted by molar-refractivity contribution is 7.87. The molecule has 0 radical (unpaired) electrons. The molecule has 0 aromatic heterocycles. The zero-order valence-corrected chi connectivity index (χ0v) is 11.8. The van der Waals surface area contributed by atoms with Crippen molar-refractivity contribution in [1.29, 1.82) is 0 Å². The maximum Gasteiger partial charge on any atom is 0.339 e. The minimum Gasteiger partial charge on any atom is -0.379 e. The molecule has 0 amide bonds. The minimum absolute atomic E-state index is 0.203. The summed E-state index contributed by atoms with van der Waals surface area (Å²) in [7, 11) is -3.76. The minimum atomic E-state index is -3.76. The summed E-state index contributed by atoms with van der Waals surface area (Å²) in [6.07, 6.45) is 0.908. The van der Waals surface area contributed by atoms with Crippen LogP contribution < -0.4 is 4.18 Å². The van der Waals surface area contributed by atoms with Crippen LogP contribution in [0.3, 0.4) is 0 Å². The van der Waals surface area contributed by atoms with Gasteiger partial charge in [-0.2, -0.15) is 8.42 Å². The number of hydrogen-bond donors (Lipinski definition) is 0. The average Bonchev–Trinajstić information content (AvgIpc) is 2.39. The lowest BCUT2D eigenvalue weighted by Crippen LogP contribution is -2.11. The second kappa shape index (κ2) is 5.45. The third-order valence-corrected chi connectivity index (χ3v) is 4.31. The highest BCUT2D eigenvalue weighted by atomic mass is 32.2. The fourth-order valence-electron chi connectivity index (χ4n) is 1.79. The van der Waals surface area contributed by atoms with Gasteiger partial charge < -0.3 is 4.18 Å². The van der Waals surface area contributed by atoms with Crippen LogP contribution in [-0.4, -0.2) is 8.42 Å². The van der Waals surface area contributed by atoms with Crippen LogP contribution in [0.25, 0.3) is 0 Å². The maximum atomic E-state index is 12.2. The lowest BCUT2D eigenvalue weighted by atomic mass is 10.2. The van der Waals surface area contributed by atoms with Gasteiger partial charge in [0.1, 0.15) is 10.6 Å². The second-order valence-corrected chi connectivity index (χ2v) is 5.82. The van der Waals surface area contributed by atoms with E-state index in [0.717, 1.165) is 12.0 Å². The molecule has 19 heavy (non-hydrogen) atoms. The fourth-order valence-corrected chi connectivity index (χ4v) is 2.95. The maximum absolute atomic E-state index is 12.2. The first kappa shape index (κ1) is 13.6. The molecule has 3 nitrogen and oxygen atoms in total. The lowest BCUT2D eigenvalue weighted by molar-refractivity contribution is 0.485. The Hall–Kier alpha value is -1.81. The van der Waals surface area contributed by atoms with E-state index in [1.165, 1.54) is 0 Å². The van der Waals surface area contributed by atoms with Crippen molar-refractivity contribution < 1.29 is 12.6 Å². The van der Waals surface area contributed by atoms with Gasteiger partial charge in [-0.05, 0) is 42.7 Å². The van der Waals surface area contributed by atoms with E-state index in [1.54, 1.807) is 43.3 Å². The Morgan fingerprint density at radius 2 is 1.63 bits per heavy atom. The molecule has 0 unspecified atom stereocenters. The topological polar surface area (TPSA) is 43.4 Å². The summed E-state index contributed by atoms with van der Waals surface area (Å²) < 4.78 is 29.4. The van der Waals surface area contributed by atoms with Crippen LogP contribution in [-0.2, 0) is 16.5 Å². The smallest absolute Gasteiger partial charge is 0.339 e. The molecule has 0 saturated carbocycles. The Morgan fingerprint density at radius 1 is 1.00 bits per heavy atom. The first-order valence-corrected chi connectivity index (χ1v) is 7.53. The highest BCUT2D eigenvalue weighted by Gasteiger charge is 2.18. The Bertz CT molecular complexity index is 658. The quantitative estimate of drug-likeness (QED) is 0.804. The van der Waals surface area contributed by atoms with Crippen LogP contribution in [0.4, 0.5) is 0 Å². The Labute approximate surface area is 114 Å². The van der Waals surface area contributed by atoms with E-state index in [4.69, 9.17) is 4.18 Å². The lowest BCUT2D eigenvalue weighted by Gasteiger charge is -2.09. The molecule has 0 aliphatic heterocycles. The SMILES string of the molecule is CCc1ccc(OS(=O)(=O)c2ccccc2C)cc1. The van der Waals surface area contributed by atoms with Crippen molar-refractivity contribution in [2.75, 3.05) is 0 Å². The van der Waals surface area contributed by atoms with Crippen LogP contribution in [0.2, 0.25) is 0 Å². The van der Waals surface area contributed by atoms with Crippen molar-refractivity contribution in [3.8, 4) is 5.75 Å². The molecular formula is C15H16O3S. The van der Waals surface area contributed by atoms with Gasteiger partial charge >= 0.3 is 10.1 Å². The van der Waals surface area contributed by atoms with E-state index >= 15 is 0 Å². The number of aryl methyl sites for hydroxylation is 2. The van der Waals surface area contributed by atoms with Gasteiger partial charge in [-0.1, -0.05) is 37.3 Å². The summed E-state index contributed by atoms with van der Waals surface area (Å²) in [6.45, 7) is 3.79. The molecular weight excluding hydrogens is 260 g/mol. The first-order valence-electron chi connectivity index (χ1n) is 6.12. The number of benzene rings is 2. The number of hydrogen-bond acceptors (Lipinski definition) is 3. The van der Waals surface area contributed by atoms with Crippen molar-refractivity contribution in [2.24, 2.45) is 0 Å². The van der Waals surface area contributed by atoms with Gasteiger partial charge in [0, 0.05) is 0 Å². The van der Waals surface area contributed by atoms with Gasteiger partial charge in [0.05, 0.1) is 0 Å². The molecule has 0 aliphatic carbocycles. The van der Waals surface area contributed by atoms with Gasteiger partial charge in [-0.25, -0.2) is 0 Å². The van der Waals surface area contributed by atoms with E-state index in [1.807, 2.05) is 19.1 Å². The first-order chi connectivity index (χ1) is 9.03. The highest BCUT2D eigenvalue weighted by Crippen LogP contribution is 2.21. The van der Waals surface area contributed by atoms with Crippen molar-refractivity contribution in [3.63, 3.8) is 0 Å². The standard InChI is InChI=1S/C15H16O3S/c1-3-13-8-10-14(11-9-13)18-19(16,17)15-7-5-4-6-12(15)2/h4-11H,3H2,1-2H3. The predicted molar refractivity (Wildman–Crippen MR) is 74.8 cm³/mol. The second-order valence-electron chi connectivity index (χ2n) is 4.30. The van der Waals surface area contributed by atoms with Gasteiger partial charge in [0.15, 0.2) is 0 Å². The van der Waals surface area contributed by atoms with Crippen molar-refractivity contribution in [1.82, 2.24) is 0 Å². The average molecular weight is 276 g/mol. The summed E-state index contributed by atoms with van der Waals surface area (Å²) in [5, 5.41) is 0. The van der Waals surface area contributed by atoms with Crippen LogP contribution in [0.5, 0.6) is 5.75 Å². The van der Waals surface area contributed by atoms with E-state index in [0.29, 0.717) is 11.3 Å². The molecule has 2 aromatic carbocycles. The summed E-state index contributed by atoms with van der Waals surface area (Å²) in [5.74, 6) is 0.334. The Kier molecular flexibility index (Phi) is 3.90. The third kappa shape index (κ3) is 3.15. The van der Waals surface area contributed by atoms with E-state index in [-0.39, 0.29) is 4.90 Å². The van der Waals surface area contributed by atoms with Gasteiger partial charge in [-0.3, -0.25) is 0 Å². The molecule has 0 saturated heterocycles. The largest absolute Gasteiger partial charge is 0.379 e. The van der Waals surface area contributed by atoms with Crippen LogP contribution in [0, 0.1) is 6.92 Å². The molecule has 0 heterocycles. The molecule has 0 bridgehead atoms. The van der Waals surface area contributed by atoms with Crippen molar-refractivity contribution >= 4 is 10.1 Å². The van der Waals surface area contributed by atoms with Crippen molar-refractivity contribution in [2.45, 2.75) is 25.2 Å². The van der Waals surface area contributed by atoms with Crippen LogP contribution in [0.15, 0.2) is 53.4 Å². The summed E-state index contributed by atoms with van der Waals surface area (Å²) >= 11 is 0. The van der Waals surface area contributed by atoms with Gasteiger partial charge in [-0.15, -0.1) is 0 Å². The molecule has 0 atom stereocenters. The van der Waals surface area contributed by atoms with E-state index < -0.39 is 10.1 Å². The molecule has 2 rings (SSSR count). The normalized spacial score (nSPS) is 11.3. The molecule has 0 aliphatic rings. The molecule has 100 valence electrons. The predicted octanol–water partition coefficient (Wildman–Crippen LogP) is 3.33. The summed E-state index contributed by atoms with van der Waals surface area (Å²) in [6, 6.07) is 13.9. The zero-order valence-electron chi connectivity index (χ0n) is 11.0. The molecule has 4 heteroatoms. The summed E-state index contributed by atoms with van der Waals surface area (Å²) in [4.78, 5) is 0.203. The molecule has 0 spiro atoms. The van der Waals surface area contributed by atoms with E-state index in [2.05, 4.69) is 0 Å². The Balaban J connectivity index is 2.28. The third-order valence-electron chi connectivity index (χ3n) is 2.90. The van der Waals surface area contributed by atoms with Crippen molar-refractivity contribution in [3.05, 3.63) is 59.7 Å². The monoisotopic (exact) mass is 276 g/mol. The van der Waals surface area contributed by atoms with Gasteiger partial charge in [0.2, 0.25) is 0 Å². The number of rotatable bonds is 4. The van der Waals surface area contributed by atoms with Gasteiger partial charge in [0.25, 0.3) is 0 Å². The molecule has 0 N–H and O–H groups in total. The Morgan fingerprint density at radius 3 is 2.21 bits per heavy atom. The summed E-state index contributed by atoms with van der Waals surface area (Å²) in [5.41, 5.74) is 1.81. The molecule has 2 aromatic rings. The zero-order chi connectivity index (χ0) is 13.9. The van der Waals surface area contributed by atoms with E-state index in [9.17, 15) is 8.42 Å².